The lowest BCUT2D eigenvalue weighted by atomic mass is 10.0. The van der Waals surface area contributed by atoms with Crippen LogP contribution >= 0.6 is 0 Å². The Hall–Kier alpha value is -3.43. The summed E-state index contributed by atoms with van der Waals surface area (Å²) in [6, 6.07) is 17.0. The van der Waals surface area contributed by atoms with Crippen LogP contribution in [-0.4, -0.2) is 66.7 Å². The number of hydrogen-bond donors (Lipinski definition) is 2. The second-order valence-electron chi connectivity index (χ2n) is 9.14. The summed E-state index contributed by atoms with van der Waals surface area (Å²) in [5.74, 6) is -2.63. The average molecular weight is 499 g/mol. The van der Waals surface area contributed by atoms with Gasteiger partial charge in [-0.3, -0.25) is 9.59 Å². The van der Waals surface area contributed by atoms with Gasteiger partial charge in [0.1, 0.15) is 24.8 Å². The summed E-state index contributed by atoms with van der Waals surface area (Å²) in [6.45, 7) is 5.61. The summed E-state index contributed by atoms with van der Waals surface area (Å²) in [6.07, 6.45) is -0.281. The molecule has 194 valence electrons. The van der Waals surface area contributed by atoms with Gasteiger partial charge < -0.3 is 29.5 Å². The fraction of sp³-hybridized carbons (Fsp3) is 0.444. The molecule has 1 fully saturated rings. The lowest BCUT2D eigenvalue weighted by Crippen LogP contribution is -2.54. The van der Waals surface area contributed by atoms with E-state index in [1.165, 1.54) is 0 Å². The minimum Gasteiger partial charge on any atom is -0.481 e. The van der Waals surface area contributed by atoms with Crippen molar-refractivity contribution in [3.05, 3.63) is 66.2 Å². The van der Waals surface area contributed by atoms with Gasteiger partial charge in [0.15, 0.2) is 5.79 Å². The number of aliphatic carboxylic acids is 1. The number of ether oxygens (including phenoxy) is 3. The first kappa shape index (κ1) is 27.2. The highest BCUT2D eigenvalue weighted by molar-refractivity contribution is 5.89. The lowest BCUT2D eigenvalue weighted by Gasteiger charge is -2.36. The number of hydrogen-bond acceptors (Lipinski definition) is 7. The zero-order chi connectivity index (χ0) is 26.1. The zero-order valence-corrected chi connectivity index (χ0v) is 20.9. The quantitative estimate of drug-likeness (QED) is 0.430. The first-order chi connectivity index (χ1) is 17.2. The Morgan fingerprint density at radius 3 is 2.33 bits per heavy atom. The number of amides is 1. The molecular formula is C27H34N2O7. The summed E-state index contributed by atoms with van der Waals surface area (Å²) >= 11 is 0. The van der Waals surface area contributed by atoms with Crippen molar-refractivity contribution in [1.29, 1.82) is 0 Å². The Labute approximate surface area is 211 Å². The van der Waals surface area contributed by atoms with Crippen LogP contribution in [0.2, 0.25) is 0 Å². The molecule has 1 amide bonds. The number of benzene rings is 2. The molecule has 0 spiro atoms. The Morgan fingerprint density at radius 2 is 1.75 bits per heavy atom. The van der Waals surface area contributed by atoms with E-state index in [-0.39, 0.29) is 31.6 Å². The number of para-hydroxylation sites is 1. The Morgan fingerprint density at radius 1 is 1.11 bits per heavy atom. The molecule has 9 nitrogen and oxygen atoms in total. The van der Waals surface area contributed by atoms with E-state index in [0.717, 1.165) is 5.56 Å². The number of nitrogens with zero attached hydrogens (tertiary/aromatic N) is 1. The first-order valence-corrected chi connectivity index (χ1v) is 12.0. The molecule has 1 heterocycles. The van der Waals surface area contributed by atoms with Gasteiger partial charge in [-0.2, -0.15) is 0 Å². The van der Waals surface area contributed by atoms with Crippen molar-refractivity contribution in [2.24, 2.45) is 0 Å². The van der Waals surface area contributed by atoms with Crippen LogP contribution in [0.5, 0.6) is 0 Å². The van der Waals surface area contributed by atoms with Crippen LogP contribution in [0, 0.1) is 0 Å². The number of esters is 1. The van der Waals surface area contributed by atoms with E-state index in [1.54, 1.807) is 25.7 Å². The van der Waals surface area contributed by atoms with E-state index in [1.807, 2.05) is 60.7 Å². The van der Waals surface area contributed by atoms with Gasteiger partial charge in [-0.05, 0) is 38.5 Å². The molecule has 3 rings (SSSR count). The number of carboxylic acid groups (broad SMARTS) is 1. The van der Waals surface area contributed by atoms with Gasteiger partial charge in [0, 0.05) is 18.7 Å². The predicted molar refractivity (Wildman–Crippen MR) is 133 cm³/mol. The zero-order valence-electron chi connectivity index (χ0n) is 20.9. The van der Waals surface area contributed by atoms with Crippen molar-refractivity contribution in [3.63, 3.8) is 0 Å². The molecule has 1 saturated heterocycles. The third-order valence-corrected chi connectivity index (χ3v) is 5.85. The van der Waals surface area contributed by atoms with Gasteiger partial charge in [-0.25, -0.2) is 4.79 Å². The monoisotopic (exact) mass is 498 g/mol. The molecular weight excluding hydrogens is 464 g/mol. The predicted octanol–water partition coefficient (Wildman–Crippen LogP) is 2.78. The van der Waals surface area contributed by atoms with Gasteiger partial charge in [-0.1, -0.05) is 48.5 Å². The maximum atomic E-state index is 13.5. The van der Waals surface area contributed by atoms with Gasteiger partial charge in [0.2, 0.25) is 5.91 Å². The van der Waals surface area contributed by atoms with E-state index in [4.69, 9.17) is 19.3 Å². The van der Waals surface area contributed by atoms with Crippen LogP contribution in [0.15, 0.2) is 60.7 Å². The van der Waals surface area contributed by atoms with Crippen molar-refractivity contribution in [3.8, 4) is 0 Å². The van der Waals surface area contributed by atoms with Crippen LogP contribution in [0.25, 0.3) is 0 Å². The number of rotatable bonds is 12. The molecule has 3 atom stereocenters. The van der Waals surface area contributed by atoms with Crippen LogP contribution in [0.1, 0.15) is 32.8 Å². The standard InChI is InChI=1S/C27H34N2O7/c1-19(25(32)28-15-14-24(30)31)29(21-12-8-5-9-13-21)23(16-20-10-6-4-7-11-20)26(33)34-17-22-18-35-27(2,3)36-22/h4-13,19,22-23H,14-18H2,1-3H3,(H,28,32)(H,30,31)/t19-,22?,23?/m0/s1. The maximum absolute atomic E-state index is 13.5. The van der Waals surface area contributed by atoms with Crippen molar-refractivity contribution in [1.82, 2.24) is 5.32 Å². The topological polar surface area (TPSA) is 114 Å². The second-order valence-corrected chi connectivity index (χ2v) is 9.14. The van der Waals surface area contributed by atoms with E-state index in [9.17, 15) is 14.4 Å². The van der Waals surface area contributed by atoms with E-state index >= 15 is 0 Å². The molecule has 0 aromatic heterocycles. The van der Waals surface area contributed by atoms with Crippen molar-refractivity contribution in [2.75, 3.05) is 24.7 Å². The van der Waals surface area contributed by atoms with Crippen LogP contribution in [0.3, 0.4) is 0 Å². The minimum atomic E-state index is -1.00. The van der Waals surface area contributed by atoms with E-state index in [0.29, 0.717) is 18.7 Å². The molecule has 0 saturated carbocycles. The van der Waals surface area contributed by atoms with Gasteiger partial charge >= 0.3 is 11.9 Å². The molecule has 9 heteroatoms. The number of carboxylic acids is 1. The van der Waals surface area contributed by atoms with Gasteiger partial charge in [0.05, 0.1) is 13.0 Å². The molecule has 0 radical (unpaired) electrons. The summed E-state index contributed by atoms with van der Waals surface area (Å²) in [7, 11) is 0. The summed E-state index contributed by atoms with van der Waals surface area (Å²) in [5, 5.41) is 11.6. The van der Waals surface area contributed by atoms with Crippen molar-refractivity contribution >= 4 is 23.5 Å². The first-order valence-electron chi connectivity index (χ1n) is 12.0. The molecule has 2 unspecified atom stereocenters. The van der Waals surface area contributed by atoms with Crippen molar-refractivity contribution < 1.29 is 33.7 Å². The van der Waals surface area contributed by atoms with Crippen LogP contribution in [-0.2, 0) is 35.0 Å². The maximum Gasteiger partial charge on any atom is 0.329 e. The number of nitrogens with one attached hydrogen (secondary N) is 1. The molecule has 0 bridgehead atoms. The van der Waals surface area contributed by atoms with Gasteiger partial charge in [0.25, 0.3) is 0 Å². The molecule has 36 heavy (non-hydrogen) atoms. The summed E-state index contributed by atoms with van der Waals surface area (Å²) < 4.78 is 17.0. The highest BCUT2D eigenvalue weighted by atomic mass is 16.7. The fourth-order valence-corrected chi connectivity index (χ4v) is 4.09. The van der Waals surface area contributed by atoms with Crippen LogP contribution in [0.4, 0.5) is 5.69 Å². The van der Waals surface area contributed by atoms with E-state index in [2.05, 4.69) is 5.32 Å². The second kappa shape index (κ2) is 12.5. The Balaban J connectivity index is 1.86. The molecule has 0 aliphatic carbocycles. The number of carbonyl (C=O) groups excluding carboxylic acids is 2. The summed E-state index contributed by atoms with van der Waals surface area (Å²) in [5.41, 5.74) is 1.57. The molecule has 1 aliphatic heterocycles. The van der Waals surface area contributed by atoms with Gasteiger partial charge in [-0.15, -0.1) is 0 Å². The fourth-order valence-electron chi connectivity index (χ4n) is 4.09. The third-order valence-electron chi connectivity index (χ3n) is 5.85. The third kappa shape index (κ3) is 7.79. The largest absolute Gasteiger partial charge is 0.481 e. The van der Waals surface area contributed by atoms with Crippen molar-refractivity contribution in [2.45, 2.75) is 57.6 Å². The number of anilines is 1. The highest BCUT2D eigenvalue weighted by Gasteiger charge is 2.37. The number of carbonyl (C=O) groups is 3. The molecule has 1 aliphatic rings. The highest BCUT2D eigenvalue weighted by Crippen LogP contribution is 2.25. The SMILES string of the molecule is C[C@@H](C(=O)NCCC(=O)O)N(c1ccccc1)C(Cc1ccccc1)C(=O)OCC1COC(C)(C)O1. The van der Waals surface area contributed by atoms with Crippen LogP contribution < -0.4 is 10.2 Å². The summed E-state index contributed by atoms with van der Waals surface area (Å²) in [4.78, 5) is 39.2. The minimum absolute atomic E-state index is 0.0102. The molecule has 2 aromatic rings. The molecule has 2 aromatic carbocycles. The Bertz CT molecular complexity index is 1010. The Kier molecular flexibility index (Phi) is 9.44. The molecule has 2 N–H and O–H groups in total. The average Bonchev–Trinajstić information content (AvgIpc) is 3.21. The smallest absolute Gasteiger partial charge is 0.329 e. The lowest BCUT2D eigenvalue weighted by molar-refractivity contribution is -0.159. The normalized spacial score (nSPS) is 18.1. The van der Waals surface area contributed by atoms with E-state index < -0.39 is 29.8 Å².